The summed E-state index contributed by atoms with van der Waals surface area (Å²) >= 11 is 0. The minimum Gasteiger partial charge on any atom is -0.352 e. The molecular formula is C20H27N3O3. The SMILES string of the molecule is O=C(NCCCN1CCCCCC1=O)c1cccc(N2CCCC2=O)c1. The molecule has 2 fully saturated rings. The quantitative estimate of drug-likeness (QED) is 0.795. The third-order valence-corrected chi connectivity index (χ3v) is 5.06. The highest BCUT2D eigenvalue weighted by atomic mass is 16.2. The van der Waals surface area contributed by atoms with Gasteiger partial charge in [0.15, 0.2) is 0 Å². The van der Waals surface area contributed by atoms with Gasteiger partial charge in [0.25, 0.3) is 5.91 Å². The van der Waals surface area contributed by atoms with Crippen LogP contribution in [-0.4, -0.2) is 48.8 Å². The number of hydrogen-bond donors (Lipinski definition) is 1. The normalized spacial score (nSPS) is 18.2. The van der Waals surface area contributed by atoms with E-state index >= 15 is 0 Å². The van der Waals surface area contributed by atoms with Crippen LogP contribution in [0.3, 0.4) is 0 Å². The lowest BCUT2D eigenvalue weighted by atomic mass is 10.1. The maximum Gasteiger partial charge on any atom is 0.251 e. The average molecular weight is 357 g/mol. The van der Waals surface area contributed by atoms with Gasteiger partial charge in [0.1, 0.15) is 0 Å². The minimum absolute atomic E-state index is 0.115. The van der Waals surface area contributed by atoms with Crippen LogP contribution in [0.25, 0.3) is 0 Å². The number of likely N-dealkylation sites (tertiary alicyclic amines) is 1. The van der Waals surface area contributed by atoms with Gasteiger partial charge in [-0.1, -0.05) is 12.5 Å². The largest absolute Gasteiger partial charge is 0.352 e. The van der Waals surface area contributed by atoms with Crippen LogP contribution in [-0.2, 0) is 9.59 Å². The van der Waals surface area contributed by atoms with E-state index in [1.54, 1.807) is 17.0 Å². The van der Waals surface area contributed by atoms with E-state index in [1.165, 1.54) is 0 Å². The number of carbonyl (C=O) groups excluding carboxylic acids is 3. The van der Waals surface area contributed by atoms with E-state index in [-0.39, 0.29) is 17.7 Å². The number of nitrogens with zero attached hydrogens (tertiary/aromatic N) is 2. The molecule has 140 valence electrons. The van der Waals surface area contributed by atoms with Crippen molar-refractivity contribution >= 4 is 23.4 Å². The summed E-state index contributed by atoms with van der Waals surface area (Å²) in [4.78, 5) is 39.8. The van der Waals surface area contributed by atoms with Gasteiger partial charge in [-0.3, -0.25) is 14.4 Å². The van der Waals surface area contributed by atoms with Gasteiger partial charge < -0.3 is 15.1 Å². The molecule has 6 heteroatoms. The van der Waals surface area contributed by atoms with Crippen molar-refractivity contribution in [1.82, 2.24) is 10.2 Å². The van der Waals surface area contributed by atoms with Gasteiger partial charge in [-0.15, -0.1) is 0 Å². The highest BCUT2D eigenvalue weighted by molar-refractivity contribution is 5.99. The van der Waals surface area contributed by atoms with Crippen LogP contribution in [0.5, 0.6) is 0 Å². The summed E-state index contributed by atoms with van der Waals surface area (Å²) in [5.41, 5.74) is 1.35. The molecule has 3 amide bonds. The molecule has 2 aliphatic heterocycles. The molecule has 0 atom stereocenters. The lowest BCUT2D eigenvalue weighted by molar-refractivity contribution is -0.130. The predicted molar refractivity (Wildman–Crippen MR) is 100 cm³/mol. The lowest BCUT2D eigenvalue weighted by Gasteiger charge is -2.20. The van der Waals surface area contributed by atoms with Crippen molar-refractivity contribution in [1.29, 1.82) is 0 Å². The Morgan fingerprint density at radius 1 is 1.00 bits per heavy atom. The standard InChI is InChI=1S/C20H27N3O3/c24-18-9-2-1-3-12-22(18)13-6-11-21-20(26)16-7-4-8-17(15-16)23-14-5-10-19(23)25/h4,7-8,15H,1-3,5-6,9-14H2,(H,21,26). The second kappa shape index (κ2) is 8.83. The van der Waals surface area contributed by atoms with E-state index in [1.807, 2.05) is 17.0 Å². The molecule has 1 N–H and O–H groups in total. The molecule has 26 heavy (non-hydrogen) atoms. The smallest absolute Gasteiger partial charge is 0.251 e. The number of amides is 3. The van der Waals surface area contributed by atoms with Crippen molar-refractivity contribution in [2.24, 2.45) is 0 Å². The number of benzene rings is 1. The van der Waals surface area contributed by atoms with E-state index in [0.717, 1.165) is 44.3 Å². The summed E-state index contributed by atoms with van der Waals surface area (Å²) in [5, 5.41) is 2.92. The summed E-state index contributed by atoms with van der Waals surface area (Å²) in [7, 11) is 0. The second-order valence-corrected chi connectivity index (χ2v) is 7.00. The third kappa shape index (κ3) is 4.62. The van der Waals surface area contributed by atoms with Crippen molar-refractivity contribution in [2.45, 2.75) is 44.9 Å². The van der Waals surface area contributed by atoms with E-state index in [2.05, 4.69) is 5.32 Å². The van der Waals surface area contributed by atoms with Crippen LogP contribution in [0.2, 0.25) is 0 Å². The van der Waals surface area contributed by atoms with Gasteiger partial charge in [0.2, 0.25) is 11.8 Å². The predicted octanol–water partition coefficient (Wildman–Crippen LogP) is 2.34. The van der Waals surface area contributed by atoms with Gasteiger partial charge in [-0.2, -0.15) is 0 Å². The number of anilines is 1. The van der Waals surface area contributed by atoms with E-state index in [9.17, 15) is 14.4 Å². The molecule has 0 saturated carbocycles. The van der Waals surface area contributed by atoms with Crippen molar-refractivity contribution in [3.8, 4) is 0 Å². The monoisotopic (exact) mass is 357 g/mol. The summed E-state index contributed by atoms with van der Waals surface area (Å²) in [6, 6.07) is 7.21. The molecule has 2 aliphatic rings. The fraction of sp³-hybridized carbons (Fsp3) is 0.550. The van der Waals surface area contributed by atoms with Crippen LogP contribution in [0, 0.1) is 0 Å². The zero-order valence-corrected chi connectivity index (χ0v) is 15.2. The molecule has 0 aliphatic carbocycles. The molecular weight excluding hydrogens is 330 g/mol. The Labute approximate surface area is 154 Å². The van der Waals surface area contributed by atoms with Gasteiger partial charge in [0, 0.05) is 50.3 Å². The molecule has 0 unspecified atom stereocenters. The maximum absolute atomic E-state index is 12.4. The molecule has 0 bridgehead atoms. The summed E-state index contributed by atoms with van der Waals surface area (Å²) in [5.74, 6) is 0.210. The fourth-order valence-electron chi connectivity index (χ4n) is 3.59. The van der Waals surface area contributed by atoms with Gasteiger partial charge >= 0.3 is 0 Å². The molecule has 2 heterocycles. The zero-order valence-electron chi connectivity index (χ0n) is 15.2. The van der Waals surface area contributed by atoms with Crippen LogP contribution in [0.1, 0.15) is 55.3 Å². The van der Waals surface area contributed by atoms with Crippen molar-refractivity contribution in [3.63, 3.8) is 0 Å². The fourth-order valence-corrected chi connectivity index (χ4v) is 3.59. The number of carbonyl (C=O) groups is 3. The Morgan fingerprint density at radius 2 is 1.85 bits per heavy atom. The summed E-state index contributed by atoms with van der Waals surface area (Å²) < 4.78 is 0. The molecule has 0 radical (unpaired) electrons. The van der Waals surface area contributed by atoms with Gasteiger partial charge in [-0.25, -0.2) is 0 Å². The third-order valence-electron chi connectivity index (χ3n) is 5.06. The first-order valence-corrected chi connectivity index (χ1v) is 9.61. The topological polar surface area (TPSA) is 69.7 Å². The Balaban J connectivity index is 1.47. The molecule has 1 aromatic carbocycles. The average Bonchev–Trinajstić information content (AvgIpc) is 2.98. The number of rotatable bonds is 6. The first-order chi connectivity index (χ1) is 12.6. The van der Waals surface area contributed by atoms with Crippen molar-refractivity contribution in [3.05, 3.63) is 29.8 Å². The van der Waals surface area contributed by atoms with Crippen LogP contribution < -0.4 is 10.2 Å². The van der Waals surface area contributed by atoms with Crippen LogP contribution in [0.15, 0.2) is 24.3 Å². The summed E-state index contributed by atoms with van der Waals surface area (Å²) in [6.45, 7) is 2.78. The Morgan fingerprint density at radius 3 is 2.65 bits per heavy atom. The van der Waals surface area contributed by atoms with E-state index < -0.39 is 0 Å². The number of nitrogens with one attached hydrogen (secondary N) is 1. The van der Waals surface area contributed by atoms with Gasteiger partial charge in [-0.05, 0) is 43.9 Å². The van der Waals surface area contributed by atoms with Crippen LogP contribution >= 0.6 is 0 Å². The second-order valence-electron chi connectivity index (χ2n) is 7.00. The molecule has 1 aromatic rings. The highest BCUT2D eigenvalue weighted by Gasteiger charge is 2.22. The number of hydrogen-bond acceptors (Lipinski definition) is 3. The Kier molecular flexibility index (Phi) is 6.26. The Bertz CT molecular complexity index is 674. The van der Waals surface area contributed by atoms with Crippen LogP contribution in [0.4, 0.5) is 5.69 Å². The van der Waals surface area contributed by atoms with Crippen molar-refractivity contribution in [2.75, 3.05) is 31.1 Å². The molecule has 2 saturated heterocycles. The van der Waals surface area contributed by atoms with E-state index in [0.29, 0.717) is 38.0 Å². The molecule has 0 aromatic heterocycles. The van der Waals surface area contributed by atoms with Crippen molar-refractivity contribution < 1.29 is 14.4 Å². The molecule has 6 nitrogen and oxygen atoms in total. The minimum atomic E-state index is -0.138. The van der Waals surface area contributed by atoms with Gasteiger partial charge in [0.05, 0.1) is 0 Å². The Hall–Kier alpha value is -2.37. The highest BCUT2D eigenvalue weighted by Crippen LogP contribution is 2.22. The molecule has 3 rings (SSSR count). The first-order valence-electron chi connectivity index (χ1n) is 9.61. The lowest BCUT2D eigenvalue weighted by Crippen LogP contribution is -2.34. The zero-order chi connectivity index (χ0) is 18.4. The van der Waals surface area contributed by atoms with E-state index in [4.69, 9.17) is 0 Å². The first kappa shape index (κ1) is 18.4. The maximum atomic E-state index is 12.4. The molecule has 0 spiro atoms. The summed E-state index contributed by atoms with van der Waals surface area (Å²) in [6.07, 6.45) is 6.02.